The standard InChI is InChI=1S/C15H15ClN2O3S2/c1-10(22-13-6-2-11(16)3-7-13)15(19)18-12-4-8-14(9-5-12)23(17,20)21/h2-10H,1H3,(H,18,19)(H2,17,20,21)/t10-/m1/s1. The first kappa shape index (κ1) is 17.8. The highest BCUT2D eigenvalue weighted by Crippen LogP contribution is 2.25. The number of sulfonamides is 1. The highest BCUT2D eigenvalue weighted by atomic mass is 35.5. The van der Waals surface area contributed by atoms with Crippen LogP contribution in [0.4, 0.5) is 5.69 Å². The molecule has 122 valence electrons. The molecule has 0 aliphatic rings. The Morgan fingerprint density at radius 1 is 1.13 bits per heavy atom. The Labute approximate surface area is 144 Å². The SMILES string of the molecule is C[C@@H](Sc1ccc(Cl)cc1)C(=O)Nc1ccc(S(N)(=O)=O)cc1. The highest BCUT2D eigenvalue weighted by Gasteiger charge is 2.15. The topological polar surface area (TPSA) is 89.3 Å². The molecule has 0 fully saturated rings. The molecule has 2 aromatic carbocycles. The molecule has 0 bridgehead atoms. The van der Waals surface area contributed by atoms with Crippen LogP contribution in [-0.2, 0) is 14.8 Å². The third-order valence-corrected chi connectivity index (χ3v) is 5.24. The average molecular weight is 371 g/mol. The molecule has 0 heterocycles. The molecule has 3 N–H and O–H groups in total. The molecule has 23 heavy (non-hydrogen) atoms. The van der Waals surface area contributed by atoms with Crippen LogP contribution < -0.4 is 10.5 Å². The van der Waals surface area contributed by atoms with E-state index in [1.165, 1.54) is 36.0 Å². The molecule has 1 amide bonds. The van der Waals surface area contributed by atoms with Crippen molar-refractivity contribution < 1.29 is 13.2 Å². The number of primary sulfonamides is 1. The number of amides is 1. The second-order valence-electron chi connectivity index (χ2n) is 4.77. The van der Waals surface area contributed by atoms with Gasteiger partial charge in [-0.2, -0.15) is 0 Å². The van der Waals surface area contributed by atoms with Gasteiger partial charge in [0.2, 0.25) is 15.9 Å². The van der Waals surface area contributed by atoms with Gasteiger partial charge in [-0.3, -0.25) is 4.79 Å². The smallest absolute Gasteiger partial charge is 0.238 e. The van der Waals surface area contributed by atoms with Crippen molar-refractivity contribution >= 4 is 45.0 Å². The van der Waals surface area contributed by atoms with Crippen molar-refractivity contribution in [2.45, 2.75) is 22.0 Å². The maximum atomic E-state index is 12.2. The van der Waals surface area contributed by atoms with Crippen molar-refractivity contribution in [3.63, 3.8) is 0 Å². The molecule has 8 heteroatoms. The van der Waals surface area contributed by atoms with Crippen molar-refractivity contribution in [3.05, 3.63) is 53.6 Å². The normalized spacial score (nSPS) is 12.7. The van der Waals surface area contributed by atoms with Crippen LogP contribution in [0.15, 0.2) is 58.3 Å². The summed E-state index contributed by atoms with van der Waals surface area (Å²) in [4.78, 5) is 13.1. The van der Waals surface area contributed by atoms with Crippen molar-refractivity contribution in [1.29, 1.82) is 0 Å². The van der Waals surface area contributed by atoms with Gasteiger partial charge in [0.1, 0.15) is 0 Å². The first-order valence-electron chi connectivity index (χ1n) is 6.61. The van der Waals surface area contributed by atoms with E-state index in [1.54, 1.807) is 19.1 Å². The monoisotopic (exact) mass is 370 g/mol. The first-order chi connectivity index (χ1) is 10.8. The minimum absolute atomic E-state index is 0.000846. The Morgan fingerprint density at radius 2 is 1.70 bits per heavy atom. The van der Waals surface area contributed by atoms with Crippen LogP contribution in [0.2, 0.25) is 5.02 Å². The van der Waals surface area contributed by atoms with Gasteiger partial charge in [0, 0.05) is 15.6 Å². The van der Waals surface area contributed by atoms with Gasteiger partial charge in [-0.1, -0.05) is 11.6 Å². The van der Waals surface area contributed by atoms with Gasteiger partial charge in [0.15, 0.2) is 0 Å². The number of thioether (sulfide) groups is 1. The lowest BCUT2D eigenvalue weighted by Crippen LogP contribution is -2.22. The fourth-order valence-electron chi connectivity index (χ4n) is 1.74. The van der Waals surface area contributed by atoms with E-state index >= 15 is 0 Å². The molecule has 0 aromatic heterocycles. The number of halogens is 1. The molecule has 0 saturated heterocycles. The summed E-state index contributed by atoms with van der Waals surface area (Å²) >= 11 is 7.22. The second-order valence-corrected chi connectivity index (χ2v) is 8.18. The van der Waals surface area contributed by atoms with E-state index in [0.29, 0.717) is 10.7 Å². The number of nitrogens with two attached hydrogens (primary N) is 1. The summed E-state index contributed by atoms with van der Waals surface area (Å²) in [6, 6.07) is 12.9. The van der Waals surface area contributed by atoms with E-state index in [4.69, 9.17) is 16.7 Å². The summed E-state index contributed by atoms with van der Waals surface area (Å²) in [6.45, 7) is 1.79. The van der Waals surface area contributed by atoms with Crippen LogP contribution in [-0.4, -0.2) is 19.6 Å². The fourth-order valence-corrected chi connectivity index (χ4v) is 3.25. The number of anilines is 1. The molecule has 0 aliphatic heterocycles. The van der Waals surface area contributed by atoms with Gasteiger partial charge < -0.3 is 5.32 Å². The van der Waals surface area contributed by atoms with Crippen LogP contribution in [0, 0.1) is 0 Å². The van der Waals surface area contributed by atoms with Crippen LogP contribution in [0.5, 0.6) is 0 Å². The van der Waals surface area contributed by atoms with Gasteiger partial charge in [-0.05, 0) is 55.5 Å². The summed E-state index contributed by atoms with van der Waals surface area (Å²) in [5, 5.41) is 8.07. The highest BCUT2D eigenvalue weighted by molar-refractivity contribution is 8.00. The third-order valence-electron chi connectivity index (χ3n) is 2.95. The van der Waals surface area contributed by atoms with Crippen molar-refractivity contribution in [3.8, 4) is 0 Å². The minimum Gasteiger partial charge on any atom is -0.325 e. The van der Waals surface area contributed by atoms with Gasteiger partial charge in [-0.15, -0.1) is 11.8 Å². The quantitative estimate of drug-likeness (QED) is 0.791. The number of rotatable bonds is 5. The van der Waals surface area contributed by atoms with Crippen molar-refractivity contribution in [1.82, 2.24) is 0 Å². The molecule has 0 saturated carbocycles. The van der Waals surface area contributed by atoms with E-state index in [0.717, 1.165) is 4.90 Å². The summed E-state index contributed by atoms with van der Waals surface area (Å²) in [5.41, 5.74) is 0.506. The average Bonchev–Trinajstić information content (AvgIpc) is 2.49. The zero-order valence-corrected chi connectivity index (χ0v) is 14.6. The molecule has 0 spiro atoms. The zero-order valence-electron chi connectivity index (χ0n) is 12.2. The predicted molar refractivity (Wildman–Crippen MR) is 93.2 cm³/mol. The zero-order chi connectivity index (χ0) is 17.0. The number of hydrogen-bond acceptors (Lipinski definition) is 4. The van der Waals surface area contributed by atoms with Crippen molar-refractivity contribution in [2.75, 3.05) is 5.32 Å². The third kappa shape index (κ3) is 5.24. The van der Waals surface area contributed by atoms with Gasteiger partial charge in [0.05, 0.1) is 10.1 Å². The van der Waals surface area contributed by atoms with Crippen LogP contribution in [0.25, 0.3) is 0 Å². The van der Waals surface area contributed by atoms with Crippen LogP contribution >= 0.6 is 23.4 Å². The molecule has 0 aliphatic carbocycles. The number of nitrogens with one attached hydrogen (secondary N) is 1. The summed E-state index contributed by atoms with van der Waals surface area (Å²) < 4.78 is 22.4. The Bertz CT molecular complexity index is 790. The maximum absolute atomic E-state index is 12.2. The molecular formula is C15H15ClN2O3S2. The van der Waals surface area contributed by atoms with E-state index in [9.17, 15) is 13.2 Å². The Balaban J connectivity index is 1.99. The Hall–Kier alpha value is -1.54. The van der Waals surface area contributed by atoms with Gasteiger partial charge in [-0.25, -0.2) is 13.6 Å². The summed E-state index contributed by atoms with van der Waals surface area (Å²) in [6.07, 6.45) is 0. The minimum atomic E-state index is -3.74. The van der Waals surface area contributed by atoms with Crippen molar-refractivity contribution in [2.24, 2.45) is 5.14 Å². The summed E-state index contributed by atoms with van der Waals surface area (Å²) in [7, 11) is -3.74. The largest absolute Gasteiger partial charge is 0.325 e. The molecule has 1 atom stereocenters. The van der Waals surface area contributed by atoms with E-state index in [-0.39, 0.29) is 16.1 Å². The lowest BCUT2D eigenvalue weighted by atomic mass is 10.3. The van der Waals surface area contributed by atoms with E-state index < -0.39 is 10.0 Å². The van der Waals surface area contributed by atoms with Crippen LogP contribution in [0.1, 0.15) is 6.92 Å². The Kier molecular flexibility index (Phi) is 5.69. The van der Waals surface area contributed by atoms with E-state index in [1.807, 2.05) is 12.1 Å². The molecular weight excluding hydrogens is 356 g/mol. The molecule has 0 unspecified atom stereocenters. The number of hydrogen-bond donors (Lipinski definition) is 2. The van der Waals surface area contributed by atoms with Gasteiger partial charge in [0.25, 0.3) is 0 Å². The Morgan fingerprint density at radius 3 is 2.22 bits per heavy atom. The van der Waals surface area contributed by atoms with Gasteiger partial charge >= 0.3 is 0 Å². The molecule has 0 radical (unpaired) electrons. The predicted octanol–water partition coefficient (Wildman–Crippen LogP) is 3.11. The molecule has 2 rings (SSSR count). The lowest BCUT2D eigenvalue weighted by Gasteiger charge is -2.12. The lowest BCUT2D eigenvalue weighted by molar-refractivity contribution is -0.115. The maximum Gasteiger partial charge on any atom is 0.238 e. The number of benzene rings is 2. The summed E-state index contributed by atoms with van der Waals surface area (Å²) in [5.74, 6) is -0.187. The number of carbonyl (C=O) groups is 1. The van der Waals surface area contributed by atoms with Crippen LogP contribution in [0.3, 0.4) is 0 Å². The fraction of sp³-hybridized carbons (Fsp3) is 0.133. The molecule has 5 nitrogen and oxygen atoms in total. The van der Waals surface area contributed by atoms with E-state index in [2.05, 4.69) is 5.32 Å². The number of carbonyl (C=O) groups excluding carboxylic acids is 1. The molecule has 2 aromatic rings. The second kappa shape index (κ2) is 7.35. The first-order valence-corrected chi connectivity index (χ1v) is 9.42.